The van der Waals surface area contributed by atoms with Crippen molar-refractivity contribution in [3.05, 3.63) is 103 Å². The molecule has 8 rings (SSSR count). The molecule has 2 aliphatic heterocycles. The Morgan fingerprint density at radius 2 is 1.73 bits per heavy atom. The fraction of sp³-hybridized carbons (Fsp3) is 0.294. The number of halogens is 4. The first-order valence-corrected chi connectivity index (χ1v) is 17.7. The number of carbonyl (C=O) groups excluding carboxylic acids is 3. The fourth-order valence-corrected chi connectivity index (χ4v) is 11.5. The summed E-state index contributed by atoms with van der Waals surface area (Å²) in [4.78, 5) is 58.0. The molecular weight excluding hydrogens is 731 g/mol. The number of benzene rings is 3. The monoisotopic (exact) mass is 755 g/mol. The van der Waals surface area contributed by atoms with Gasteiger partial charge in [0.05, 0.1) is 28.1 Å². The first-order valence-electron chi connectivity index (χ1n) is 15.2. The van der Waals surface area contributed by atoms with Crippen molar-refractivity contribution >= 4 is 68.1 Å². The number of aromatic amines is 1. The average Bonchev–Trinajstić information content (AvgIpc) is 3.79. The summed E-state index contributed by atoms with van der Waals surface area (Å²) in [6, 6.07) is 18.8. The first-order chi connectivity index (χ1) is 23.0. The van der Waals surface area contributed by atoms with E-state index in [9.17, 15) is 32.3 Å². The average molecular weight is 757 g/mol. The molecule has 2 bridgehead atoms. The quantitative estimate of drug-likeness (QED) is 0.207. The lowest BCUT2D eigenvalue weighted by molar-refractivity contribution is -0.137. The van der Waals surface area contributed by atoms with Crippen molar-refractivity contribution in [1.82, 2.24) is 4.98 Å². The molecule has 3 heterocycles. The summed E-state index contributed by atoms with van der Waals surface area (Å²) in [6.07, 6.45) is -4.03. The van der Waals surface area contributed by atoms with E-state index in [1.54, 1.807) is 24.3 Å². The van der Waals surface area contributed by atoms with Gasteiger partial charge in [-0.05, 0) is 72.7 Å². The number of nitrogens with zero attached hydrogens (tertiary/aromatic N) is 1. The van der Waals surface area contributed by atoms with E-state index in [0.29, 0.717) is 22.9 Å². The predicted octanol–water partition coefficient (Wildman–Crippen LogP) is 6.91. The Morgan fingerprint density at radius 1 is 0.979 bits per heavy atom. The lowest BCUT2D eigenvalue weighted by Gasteiger charge is -2.43. The van der Waals surface area contributed by atoms with Crippen LogP contribution in [0.15, 0.2) is 87.1 Å². The highest BCUT2D eigenvalue weighted by Gasteiger charge is 2.70. The van der Waals surface area contributed by atoms with Crippen molar-refractivity contribution in [2.75, 3.05) is 16.8 Å². The highest BCUT2D eigenvalue weighted by atomic mass is 79.9. The third kappa shape index (κ3) is 5.10. The number of hydrogen-bond acceptors (Lipinski definition) is 7. The molecule has 4 unspecified atom stereocenters. The second-order valence-corrected chi connectivity index (χ2v) is 15.5. The van der Waals surface area contributed by atoms with Crippen LogP contribution in [0.25, 0.3) is 0 Å². The highest BCUT2D eigenvalue weighted by molar-refractivity contribution is 9.10. The molecule has 4 aliphatic rings. The largest absolute Gasteiger partial charge is 0.483 e. The van der Waals surface area contributed by atoms with Crippen LogP contribution < -0.4 is 19.8 Å². The molecule has 8 nitrogen and oxygen atoms in total. The highest BCUT2D eigenvalue weighted by Crippen LogP contribution is 2.69. The van der Waals surface area contributed by atoms with Gasteiger partial charge in [0.25, 0.3) is 5.91 Å². The van der Waals surface area contributed by atoms with E-state index < -0.39 is 41.3 Å². The van der Waals surface area contributed by atoms with Gasteiger partial charge in [0.2, 0.25) is 11.8 Å². The van der Waals surface area contributed by atoms with E-state index in [4.69, 9.17) is 4.74 Å². The number of para-hydroxylation sites is 1. The van der Waals surface area contributed by atoms with Gasteiger partial charge in [-0.15, -0.1) is 11.8 Å². The van der Waals surface area contributed by atoms with Gasteiger partial charge in [-0.3, -0.25) is 24.1 Å². The number of anilines is 2. The molecular formula is C34H25BrF3N3O5S2. The fourth-order valence-electron chi connectivity index (χ4n) is 8.20. The third-order valence-corrected chi connectivity index (χ3v) is 13.0. The van der Waals surface area contributed by atoms with Crippen molar-refractivity contribution in [1.29, 1.82) is 0 Å². The van der Waals surface area contributed by atoms with Crippen LogP contribution in [0, 0.1) is 29.6 Å². The predicted molar refractivity (Wildman–Crippen MR) is 177 cm³/mol. The van der Waals surface area contributed by atoms with Crippen molar-refractivity contribution in [3.63, 3.8) is 0 Å². The zero-order valence-corrected chi connectivity index (χ0v) is 27.9. The molecule has 1 aromatic heterocycles. The maximum absolute atomic E-state index is 14.1. The zero-order valence-electron chi connectivity index (χ0n) is 24.7. The van der Waals surface area contributed by atoms with E-state index in [1.807, 2.05) is 24.3 Å². The summed E-state index contributed by atoms with van der Waals surface area (Å²) in [5, 5.41) is 3.35. The van der Waals surface area contributed by atoms with Crippen LogP contribution in [-0.2, 0) is 20.6 Å². The van der Waals surface area contributed by atoms with Crippen molar-refractivity contribution in [3.8, 4) is 5.75 Å². The number of H-pyrrole nitrogens is 1. The molecule has 3 aromatic carbocycles. The maximum atomic E-state index is 14.1. The normalized spacial score (nSPS) is 27.1. The van der Waals surface area contributed by atoms with Gasteiger partial charge in [0.15, 0.2) is 6.61 Å². The Balaban J connectivity index is 1.15. The number of imide groups is 1. The van der Waals surface area contributed by atoms with E-state index in [-0.39, 0.29) is 46.1 Å². The molecule has 48 heavy (non-hydrogen) atoms. The Morgan fingerprint density at radius 3 is 2.48 bits per heavy atom. The second-order valence-electron chi connectivity index (χ2n) is 12.4. The maximum Gasteiger partial charge on any atom is 0.416 e. The number of thioether (sulfide) groups is 1. The van der Waals surface area contributed by atoms with Crippen LogP contribution in [0.4, 0.5) is 24.5 Å². The Labute approximate surface area is 288 Å². The summed E-state index contributed by atoms with van der Waals surface area (Å²) in [5.74, 6) is -3.33. The molecule has 1 saturated heterocycles. The number of amides is 3. The smallest absolute Gasteiger partial charge is 0.416 e. The number of ether oxygens (including phenoxy) is 1. The van der Waals surface area contributed by atoms with E-state index in [2.05, 4.69) is 26.2 Å². The van der Waals surface area contributed by atoms with E-state index >= 15 is 0 Å². The zero-order chi connectivity index (χ0) is 33.5. The minimum atomic E-state index is -4.63. The lowest BCUT2D eigenvalue weighted by atomic mass is 9.68. The number of alkyl halides is 3. The topological polar surface area (TPSA) is 109 Å². The summed E-state index contributed by atoms with van der Waals surface area (Å²) < 4.78 is 47.5. The Hall–Kier alpha value is -3.88. The Kier molecular flexibility index (Phi) is 7.60. The molecule has 14 heteroatoms. The third-order valence-electron chi connectivity index (χ3n) is 9.88. The summed E-state index contributed by atoms with van der Waals surface area (Å²) in [6.45, 7) is -0.273. The van der Waals surface area contributed by atoms with Crippen LogP contribution in [0.1, 0.15) is 28.3 Å². The van der Waals surface area contributed by atoms with E-state index in [1.165, 1.54) is 23.9 Å². The first kappa shape index (κ1) is 31.4. The minimum absolute atomic E-state index is 0.0827. The molecule has 2 N–H and O–H groups in total. The lowest BCUT2D eigenvalue weighted by Crippen LogP contribution is -2.42. The van der Waals surface area contributed by atoms with Crippen LogP contribution in [-0.4, -0.2) is 34.6 Å². The van der Waals surface area contributed by atoms with E-state index in [0.717, 1.165) is 43.3 Å². The molecule has 0 radical (unpaired) electrons. The summed E-state index contributed by atoms with van der Waals surface area (Å²) in [5.41, 5.74) is 0.348. The summed E-state index contributed by atoms with van der Waals surface area (Å²) >= 11 is 6.16. The second kappa shape index (κ2) is 11.6. The summed E-state index contributed by atoms with van der Waals surface area (Å²) in [7, 11) is 0. The molecule has 7 atom stereocenters. The Bertz CT molecular complexity index is 2040. The minimum Gasteiger partial charge on any atom is -0.483 e. The molecule has 246 valence electrons. The molecule has 2 saturated carbocycles. The van der Waals surface area contributed by atoms with Gasteiger partial charge in [0, 0.05) is 31.8 Å². The van der Waals surface area contributed by atoms with Crippen LogP contribution in [0.3, 0.4) is 0 Å². The number of carbonyl (C=O) groups is 3. The van der Waals surface area contributed by atoms with Crippen molar-refractivity contribution in [2.45, 2.75) is 28.8 Å². The number of rotatable bonds is 6. The molecule has 3 amide bonds. The van der Waals surface area contributed by atoms with Gasteiger partial charge in [0.1, 0.15) is 5.75 Å². The number of aromatic nitrogens is 1. The van der Waals surface area contributed by atoms with Crippen LogP contribution in [0.5, 0.6) is 5.75 Å². The van der Waals surface area contributed by atoms with Crippen molar-refractivity contribution in [2.24, 2.45) is 29.6 Å². The van der Waals surface area contributed by atoms with Crippen LogP contribution in [0.2, 0.25) is 0 Å². The van der Waals surface area contributed by atoms with Gasteiger partial charge in [-0.2, -0.15) is 13.2 Å². The molecule has 4 aromatic rings. The molecule has 3 fully saturated rings. The van der Waals surface area contributed by atoms with Crippen LogP contribution >= 0.6 is 39.0 Å². The molecule has 0 spiro atoms. The number of nitrogens with one attached hydrogen (secondary N) is 2. The van der Waals surface area contributed by atoms with Crippen molar-refractivity contribution < 1.29 is 32.3 Å². The SMILES string of the molecule is O=C(COc1ccc(Br)cc1[C@H]1c2sc(=O)[nH]c2SC2C1[C@H]1C[C@@H]2C2C(=O)N(c3cccc(C(F)(F)F)c3)C(=O)C21)Nc1ccccc1. The van der Waals surface area contributed by atoms with Gasteiger partial charge >= 0.3 is 11.0 Å². The standard InChI is InChI=1S/C34H25BrF3N3O5S2/c35-16-9-10-22(46-14-23(42)39-17-6-2-1-3-7-17)19(12-16)24-25-20-13-21(28(25)47-30-29(24)48-33(45)40-30)27-26(20)31(43)41(32(27)44)18-8-4-5-15(11-18)34(36,37)38/h1-12,20-21,24-28H,13-14H2,(H,39,42)(H,40,45)/t20-,21-,24-,25?,26?,27?,28?/m1/s1. The number of hydrogen-bond donors (Lipinski definition) is 2. The van der Waals surface area contributed by atoms with Gasteiger partial charge in [-0.1, -0.05) is 51.5 Å². The number of thiazole rings is 1. The molecule has 2 aliphatic carbocycles. The van der Waals surface area contributed by atoms with Gasteiger partial charge < -0.3 is 15.0 Å². The van der Waals surface area contributed by atoms with Gasteiger partial charge in [-0.25, -0.2) is 0 Å². The number of fused-ring (bicyclic) bond motifs is 9.